The first-order valence-electron chi connectivity index (χ1n) is 5.36. The zero-order valence-corrected chi connectivity index (χ0v) is 9.50. The number of nitrogens with one attached hydrogen (secondary N) is 1. The minimum Gasteiger partial charge on any atom is -0.341 e. The summed E-state index contributed by atoms with van der Waals surface area (Å²) in [5.74, 6) is 0.817. The van der Waals surface area contributed by atoms with E-state index in [2.05, 4.69) is 10.2 Å². The van der Waals surface area contributed by atoms with E-state index in [0.29, 0.717) is 0 Å². The smallest absolute Gasteiger partial charge is 0.257 e. The third-order valence-electron chi connectivity index (χ3n) is 2.92. The van der Waals surface area contributed by atoms with Crippen LogP contribution in [0.5, 0.6) is 0 Å². The van der Waals surface area contributed by atoms with Crippen molar-refractivity contribution in [3.8, 4) is 0 Å². The van der Waals surface area contributed by atoms with Crippen molar-refractivity contribution in [3.05, 3.63) is 17.0 Å². The van der Waals surface area contributed by atoms with Gasteiger partial charge in [-0.25, -0.2) is 0 Å². The monoisotopic (exact) mass is 207 g/mol. The number of hydrogen-bond acceptors (Lipinski definition) is 2. The quantitative estimate of drug-likeness (QED) is 0.816. The Labute approximate surface area is 89.7 Å². The van der Waals surface area contributed by atoms with E-state index >= 15 is 0 Å². The predicted molar refractivity (Wildman–Crippen MR) is 57.7 cm³/mol. The highest BCUT2D eigenvalue weighted by molar-refractivity contribution is 5.96. The van der Waals surface area contributed by atoms with Crippen molar-refractivity contribution < 1.29 is 4.79 Å². The summed E-state index contributed by atoms with van der Waals surface area (Å²) < 4.78 is 0. The average molecular weight is 207 g/mol. The maximum Gasteiger partial charge on any atom is 0.257 e. The van der Waals surface area contributed by atoms with Gasteiger partial charge in [-0.15, -0.1) is 0 Å². The van der Waals surface area contributed by atoms with Gasteiger partial charge in [0.25, 0.3) is 5.91 Å². The van der Waals surface area contributed by atoms with Gasteiger partial charge in [0.05, 0.1) is 11.3 Å². The molecule has 0 aliphatic heterocycles. The van der Waals surface area contributed by atoms with Gasteiger partial charge in [-0.05, 0) is 32.6 Å². The van der Waals surface area contributed by atoms with Gasteiger partial charge in [0, 0.05) is 19.3 Å². The Morgan fingerprint density at radius 3 is 2.67 bits per heavy atom. The number of rotatable bonds is 3. The number of amides is 1. The van der Waals surface area contributed by atoms with Crippen LogP contribution in [0.2, 0.25) is 0 Å². The second-order valence-corrected chi connectivity index (χ2v) is 4.44. The zero-order valence-electron chi connectivity index (χ0n) is 9.50. The van der Waals surface area contributed by atoms with Crippen LogP contribution >= 0.6 is 0 Å². The number of nitrogens with zero attached hydrogens (tertiary/aromatic N) is 2. The second-order valence-electron chi connectivity index (χ2n) is 4.44. The van der Waals surface area contributed by atoms with Crippen molar-refractivity contribution in [3.63, 3.8) is 0 Å². The van der Waals surface area contributed by atoms with Crippen molar-refractivity contribution in [1.82, 2.24) is 15.1 Å². The van der Waals surface area contributed by atoms with E-state index in [1.807, 2.05) is 25.8 Å². The Balaban J connectivity index is 2.11. The van der Waals surface area contributed by atoms with Crippen molar-refractivity contribution in [1.29, 1.82) is 0 Å². The van der Waals surface area contributed by atoms with Gasteiger partial charge in [0.2, 0.25) is 0 Å². The lowest BCUT2D eigenvalue weighted by molar-refractivity contribution is 0.0787. The maximum absolute atomic E-state index is 12.1. The first kappa shape index (κ1) is 10.2. The van der Waals surface area contributed by atoms with Crippen LogP contribution in [-0.4, -0.2) is 34.6 Å². The molecule has 1 aliphatic carbocycles. The molecule has 82 valence electrons. The highest BCUT2D eigenvalue weighted by Crippen LogP contribution is 2.29. The number of aromatic nitrogens is 2. The Morgan fingerprint density at radius 2 is 2.20 bits per heavy atom. The molecule has 0 aromatic carbocycles. The van der Waals surface area contributed by atoms with Crippen LogP contribution in [0.15, 0.2) is 0 Å². The number of hydrogen-bond donors (Lipinski definition) is 1. The van der Waals surface area contributed by atoms with Crippen LogP contribution in [0.4, 0.5) is 0 Å². The van der Waals surface area contributed by atoms with Gasteiger partial charge in [-0.3, -0.25) is 9.89 Å². The molecule has 4 nitrogen and oxygen atoms in total. The van der Waals surface area contributed by atoms with Gasteiger partial charge in [0.15, 0.2) is 0 Å². The minimum absolute atomic E-state index is 0.0886. The molecule has 1 aliphatic rings. The highest BCUT2D eigenvalue weighted by atomic mass is 16.2. The molecule has 1 heterocycles. The number of aromatic amines is 1. The molecule has 1 N–H and O–H groups in total. The summed E-state index contributed by atoms with van der Waals surface area (Å²) in [5, 5.41) is 6.89. The lowest BCUT2D eigenvalue weighted by Crippen LogP contribution is -2.29. The first-order chi connectivity index (χ1) is 7.09. The molecule has 1 amide bonds. The molecule has 0 radical (unpaired) electrons. The fourth-order valence-electron chi connectivity index (χ4n) is 1.83. The van der Waals surface area contributed by atoms with Gasteiger partial charge < -0.3 is 4.90 Å². The van der Waals surface area contributed by atoms with Crippen molar-refractivity contribution in [2.24, 2.45) is 5.92 Å². The van der Waals surface area contributed by atoms with Crippen molar-refractivity contribution >= 4 is 5.91 Å². The average Bonchev–Trinajstić information content (AvgIpc) is 2.93. The fraction of sp³-hybridized carbons (Fsp3) is 0.636. The molecule has 15 heavy (non-hydrogen) atoms. The molecule has 1 aromatic heterocycles. The van der Waals surface area contributed by atoms with Crippen molar-refractivity contribution in [2.75, 3.05) is 13.6 Å². The van der Waals surface area contributed by atoms with Crippen LogP contribution in [0, 0.1) is 19.8 Å². The summed E-state index contributed by atoms with van der Waals surface area (Å²) >= 11 is 0. The molecule has 1 aromatic rings. The number of H-pyrrole nitrogens is 1. The predicted octanol–water partition coefficient (Wildman–Crippen LogP) is 1.51. The third-order valence-corrected chi connectivity index (χ3v) is 2.92. The largest absolute Gasteiger partial charge is 0.341 e. The van der Waals surface area contributed by atoms with Crippen LogP contribution in [0.3, 0.4) is 0 Å². The van der Waals surface area contributed by atoms with Crippen LogP contribution in [0.1, 0.15) is 34.6 Å². The number of carbonyl (C=O) groups is 1. The topological polar surface area (TPSA) is 49.0 Å². The summed E-state index contributed by atoms with van der Waals surface area (Å²) in [7, 11) is 1.87. The molecule has 0 spiro atoms. The SMILES string of the molecule is Cc1n[nH]c(C)c1C(=O)N(C)CC1CC1. The molecule has 0 atom stereocenters. The molecule has 4 heteroatoms. The number of aryl methyl sites for hydroxylation is 2. The Hall–Kier alpha value is -1.32. The second kappa shape index (κ2) is 3.68. The normalized spacial score (nSPS) is 15.4. The molecule has 1 saturated carbocycles. The van der Waals surface area contributed by atoms with E-state index in [1.165, 1.54) is 12.8 Å². The third kappa shape index (κ3) is 2.03. The van der Waals surface area contributed by atoms with Gasteiger partial charge in [-0.1, -0.05) is 0 Å². The highest BCUT2D eigenvalue weighted by Gasteiger charge is 2.26. The van der Waals surface area contributed by atoms with E-state index in [1.54, 1.807) is 0 Å². The lowest BCUT2D eigenvalue weighted by Gasteiger charge is -2.16. The van der Waals surface area contributed by atoms with Crippen LogP contribution in [-0.2, 0) is 0 Å². The lowest BCUT2D eigenvalue weighted by atomic mass is 10.1. The van der Waals surface area contributed by atoms with Crippen LogP contribution in [0.25, 0.3) is 0 Å². The molecular formula is C11H17N3O. The fourth-order valence-corrected chi connectivity index (χ4v) is 1.83. The van der Waals surface area contributed by atoms with E-state index in [0.717, 1.165) is 29.4 Å². The zero-order chi connectivity index (χ0) is 11.0. The van der Waals surface area contributed by atoms with E-state index < -0.39 is 0 Å². The summed E-state index contributed by atoms with van der Waals surface area (Å²) in [6.45, 7) is 4.63. The first-order valence-corrected chi connectivity index (χ1v) is 5.36. The standard InChI is InChI=1S/C11H17N3O/c1-7-10(8(2)13-12-7)11(15)14(3)6-9-4-5-9/h9H,4-6H2,1-3H3,(H,12,13). The molecule has 0 unspecified atom stereocenters. The Bertz CT molecular complexity index is 360. The number of carbonyl (C=O) groups excluding carboxylic acids is 1. The maximum atomic E-state index is 12.1. The van der Waals surface area contributed by atoms with Crippen LogP contribution < -0.4 is 0 Å². The van der Waals surface area contributed by atoms with Gasteiger partial charge >= 0.3 is 0 Å². The van der Waals surface area contributed by atoms with E-state index in [-0.39, 0.29) is 5.91 Å². The molecule has 0 saturated heterocycles. The van der Waals surface area contributed by atoms with Gasteiger partial charge in [0.1, 0.15) is 0 Å². The van der Waals surface area contributed by atoms with Crippen molar-refractivity contribution in [2.45, 2.75) is 26.7 Å². The van der Waals surface area contributed by atoms with E-state index in [4.69, 9.17) is 0 Å². The van der Waals surface area contributed by atoms with E-state index in [9.17, 15) is 4.79 Å². The summed E-state index contributed by atoms with van der Waals surface area (Å²) in [4.78, 5) is 13.9. The molecule has 0 bridgehead atoms. The molecule has 2 rings (SSSR count). The summed E-state index contributed by atoms with van der Waals surface area (Å²) in [5.41, 5.74) is 2.39. The Kier molecular flexibility index (Phi) is 2.50. The minimum atomic E-state index is 0.0886. The van der Waals surface area contributed by atoms with Gasteiger partial charge in [-0.2, -0.15) is 5.10 Å². The summed E-state index contributed by atoms with van der Waals surface area (Å²) in [6, 6.07) is 0. The molecule has 1 fully saturated rings. The Morgan fingerprint density at radius 1 is 1.53 bits per heavy atom. The molecular weight excluding hydrogens is 190 g/mol. The summed E-state index contributed by atoms with van der Waals surface area (Å²) in [6.07, 6.45) is 2.53.